The highest BCUT2D eigenvalue weighted by atomic mass is 35.5. The SMILES string of the molecule is Cl.NCC1CCCC1NC(=O)c1ccc(CNC(=O)c2cccs2)cc1. The highest BCUT2D eigenvalue weighted by Gasteiger charge is 2.27. The molecule has 1 heterocycles. The van der Waals surface area contributed by atoms with Crippen molar-refractivity contribution >= 4 is 35.6 Å². The van der Waals surface area contributed by atoms with Crippen LogP contribution in [0, 0.1) is 5.92 Å². The van der Waals surface area contributed by atoms with Crippen LogP contribution in [-0.2, 0) is 6.54 Å². The summed E-state index contributed by atoms with van der Waals surface area (Å²) in [4.78, 5) is 25.0. The fourth-order valence-corrected chi connectivity index (χ4v) is 3.85. The first-order valence-corrected chi connectivity index (χ1v) is 9.47. The maximum atomic E-state index is 12.4. The molecule has 2 amide bonds. The lowest BCUT2D eigenvalue weighted by molar-refractivity contribution is 0.0925. The van der Waals surface area contributed by atoms with E-state index >= 15 is 0 Å². The number of thiophene rings is 1. The molecule has 0 saturated heterocycles. The molecule has 1 fully saturated rings. The van der Waals surface area contributed by atoms with Gasteiger partial charge < -0.3 is 16.4 Å². The van der Waals surface area contributed by atoms with Crippen molar-refractivity contribution < 1.29 is 9.59 Å². The van der Waals surface area contributed by atoms with Crippen LogP contribution in [0.25, 0.3) is 0 Å². The number of hydrogen-bond donors (Lipinski definition) is 3. The summed E-state index contributed by atoms with van der Waals surface area (Å²) in [5.41, 5.74) is 7.36. The van der Waals surface area contributed by atoms with Gasteiger partial charge in [-0.1, -0.05) is 24.6 Å². The Morgan fingerprint density at radius 3 is 2.54 bits per heavy atom. The summed E-state index contributed by atoms with van der Waals surface area (Å²) in [6, 6.07) is 11.2. The van der Waals surface area contributed by atoms with E-state index in [0.29, 0.717) is 29.4 Å². The number of benzene rings is 1. The van der Waals surface area contributed by atoms with Crippen molar-refractivity contribution in [1.82, 2.24) is 10.6 Å². The average molecular weight is 394 g/mol. The summed E-state index contributed by atoms with van der Waals surface area (Å²) >= 11 is 1.42. The first kappa shape index (κ1) is 20.4. The molecule has 0 radical (unpaired) electrons. The van der Waals surface area contributed by atoms with E-state index in [1.807, 2.05) is 23.6 Å². The third kappa shape index (κ3) is 5.06. The number of nitrogens with one attached hydrogen (secondary N) is 2. The van der Waals surface area contributed by atoms with Crippen LogP contribution in [0.1, 0.15) is 44.9 Å². The molecule has 2 unspecified atom stereocenters. The first-order chi connectivity index (χ1) is 12.2. The summed E-state index contributed by atoms with van der Waals surface area (Å²) in [6.07, 6.45) is 3.21. The molecule has 1 saturated carbocycles. The summed E-state index contributed by atoms with van der Waals surface area (Å²) in [5.74, 6) is 0.251. The van der Waals surface area contributed by atoms with Gasteiger partial charge in [0.2, 0.25) is 0 Å². The van der Waals surface area contributed by atoms with Crippen molar-refractivity contribution in [2.45, 2.75) is 31.8 Å². The van der Waals surface area contributed by atoms with E-state index in [9.17, 15) is 9.59 Å². The van der Waals surface area contributed by atoms with Gasteiger partial charge in [-0.15, -0.1) is 23.7 Å². The predicted octanol–water partition coefficient (Wildman–Crippen LogP) is 2.96. The normalized spacial score (nSPS) is 18.8. The van der Waals surface area contributed by atoms with Gasteiger partial charge in [0, 0.05) is 18.2 Å². The van der Waals surface area contributed by atoms with Crippen molar-refractivity contribution in [1.29, 1.82) is 0 Å². The van der Waals surface area contributed by atoms with E-state index in [1.54, 1.807) is 18.2 Å². The molecule has 1 aliphatic carbocycles. The number of amides is 2. The molecule has 1 aromatic heterocycles. The minimum absolute atomic E-state index is 0. The van der Waals surface area contributed by atoms with Crippen LogP contribution in [0.2, 0.25) is 0 Å². The fourth-order valence-electron chi connectivity index (χ4n) is 3.21. The Morgan fingerprint density at radius 1 is 1.12 bits per heavy atom. The summed E-state index contributed by atoms with van der Waals surface area (Å²) < 4.78 is 0. The zero-order valence-corrected chi connectivity index (χ0v) is 16.1. The van der Waals surface area contributed by atoms with Gasteiger partial charge in [0.1, 0.15) is 0 Å². The summed E-state index contributed by atoms with van der Waals surface area (Å²) in [5, 5.41) is 7.85. The molecule has 0 aliphatic heterocycles. The van der Waals surface area contributed by atoms with Crippen molar-refractivity contribution in [3.8, 4) is 0 Å². The highest BCUT2D eigenvalue weighted by Crippen LogP contribution is 2.24. The van der Waals surface area contributed by atoms with Crippen LogP contribution in [0.3, 0.4) is 0 Å². The van der Waals surface area contributed by atoms with E-state index in [2.05, 4.69) is 10.6 Å². The Balaban J connectivity index is 0.00000243. The van der Waals surface area contributed by atoms with Crippen LogP contribution in [0.4, 0.5) is 0 Å². The highest BCUT2D eigenvalue weighted by molar-refractivity contribution is 7.12. The molecule has 1 aromatic carbocycles. The monoisotopic (exact) mass is 393 g/mol. The molecule has 2 aromatic rings. The Morgan fingerprint density at radius 2 is 1.88 bits per heavy atom. The minimum Gasteiger partial charge on any atom is -0.349 e. The minimum atomic E-state index is -0.0779. The Hall–Kier alpha value is -1.89. The van der Waals surface area contributed by atoms with Gasteiger partial charge in [0.15, 0.2) is 0 Å². The second-order valence-electron chi connectivity index (χ2n) is 6.36. The third-order valence-corrected chi connectivity index (χ3v) is 5.56. The van der Waals surface area contributed by atoms with Crippen molar-refractivity contribution in [3.63, 3.8) is 0 Å². The topological polar surface area (TPSA) is 84.2 Å². The van der Waals surface area contributed by atoms with Gasteiger partial charge in [0.05, 0.1) is 4.88 Å². The van der Waals surface area contributed by atoms with E-state index in [4.69, 9.17) is 5.73 Å². The molecule has 2 atom stereocenters. The fraction of sp³-hybridized carbons (Fsp3) is 0.368. The summed E-state index contributed by atoms with van der Waals surface area (Å²) in [6.45, 7) is 1.06. The van der Waals surface area contributed by atoms with Crippen LogP contribution in [-0.4, -0.2) is 24.4 Å². The van der Waals surface area contributed by atoms with Crippen LogP contribution < -0.4 is 16.4 Å². The van der Waals surface area contributed by atoms with Crippen molar-refractivity contribution in [2.75, 3.05) is 6.54 Å². The predicted molar refractivity (Wildman–Crippen MR) is 107 cm³/mol. The van der Waals surface area contributed by atoms with E-state index in [1.165, 1.54) is 11.3 Å². The lowest BCUT2D eigenvalue weighted by atomic mass is 10.0. The molecular weight excluding hydrogens is 370 g/mol. The van der Waals surface area contributed by atoms with E-state index < -0.39 is 0 Å². The van der Waals surface area contributed by atoms with Gasteiger partial charge in [-0.2, -0.15) is 0 Å². The molecule has 4 N–H and O–H groups in total. The first-order valence-electron chi connectivity index (χ1n) is 8.59. The number of halogens is 1. The lowest BCUT2D eigenvalue weighted by Crippen LogP contribution is -2.39. The van der Waals surface area contributed by atoms with Gasteiger partial charge in [-0.3, -0.25) is 9.59 Å². The Labute approximate surface area is 163 Å². The van der Waals surface area contributed by atoms with Crippen molar-refractivity contribution in [3.05, 3.63) is 57.8 Å². The molecule has 0 bridgehead atoms. The second kappa shape index (κ2) is 9.71. The quantitative estimate of drug-likeness (QED) is 0.705. The number of carbonyl (C=O) groups is 2. The number of carbonyl (C=O) groups excluding carboxylic acids is 2. The molecule has 3 rings (SSSR count). The molecule has 140 valence electrons. The van der Waals surface area contributed by atoms with Crippen LogP contribution in [0.15, 0.2) is 41.8 Å². The number of hydrogen-bond acceptors (Lipinski definition) is 4. The van der Waals surface area contributed by atoms with Gasteiger partial charge in [0.25, 0.3) is 11.8 Å². The third-order valence-electron chi connectivity index (χ3n) is 4.69. The van der Waals surface area contributed by atoms with Gasteiger partial charge in [-0.25, -0.2) is 0 Å². The molecular formula is C19H24ClN3O2S. The maximum Gasteiger partial charge on any atom is 0.261 e. The van der Waals surface area contributed by atoms with Gasteiger partial charge >= 0.3 is 0 Å². The Kier molecular flexibility index (Phi) is 7.63. The maximum absolute atomic E-state index is 12.4. The number of rotatable bonds is 6. The second-order valence-corrected chi connectivity index (χ2v) is 7.31. The zero-order chi connectivity index (χ0) is 17.6. The average Bonchev–Trinajstić information content (AvgIpc) is 3.31. The number of nitrogens with two attached hydrogens (primary N) is 1. The standard InChI is InChI=1S/C19H23N3O2S.ClH/c20-11-15-3-1-4-16(15)22-18(23)14-8-6-13(7-9-14)12-21-19(24)17-5-2-10-25-17;/h2,5-10,15-16H,1,3-4,11-12,20H2,(H,21,24)(H,22,23);1H. The molecule has 7 heteroatoms. The molecule has 1 aliphatic rings. The van der Waals surface area contributed by atoms with E-state index in [-0.39, 0.29) is 30.3 Å². The van der Waals surface area contributed by atoms with Crippen LogP contribution >= 0.6 is 23.7 Å². The molecule has 26 heavy (non-hydrogen) atoms. The van der Waals surface area contributed by atoms with Gasteiger partial charge in [-0.05, 0) is 54.4 Å². The van der Waals surface area contributed by atoms with Crippen molar-refractivity contribution in [2.24, 2.45) is 11.7 Å². The van der Waals surface area contributed by atoms with Crippen LogP contribution in [0.5, 0.6) is 0 Å². The molecule has 5 nitrogen and oxygen atoms in total. The largest absolute Gasteiger partial charge is 0.349 e. The lowest BCUT2D eigenvalue weighted by Gasteiger charge is -2.19. The summed E-state index contributed by atoms with van der Waals surface area (Å²) in [7, 11) is 0. The zero-order valence-electron chi connectivity index (χ0n) is 14.4. The Bertz CT molecular complexity index is 719. The molecule has 0 spiro atoms. The van der Waals surface area contributed by atoms with E-state index in [0.717, 1.165) is 24.8 Å². The smallest absolute Gasteiger partial charge is 0.261 e.